The number of nitrogens with one attached hydrogen (secondary N) is 1. The van der Waals surface area contributed by atoms with E-state index in [1.807, 2.05) is 0 Å². The maximum Gasteiger partial charge on any atom is 0.125 e. The lowest BCUT2D eigenvalue weighted by Crippen LogP contribution is -2.27. The van der Waals surface area contributed by atoms with Gasteiger partial charge in [0.25, 0.3) is 0 Å². The molecule has 0 spiro atoms. The minimum absolute atomic E-state index is 0.217. The van der Waals surface area contributed by atoms with Gasteiger partial charge in [0.1, 0.15) is 5.82 Å². The van der Waals surface area contributed by atoms with Gasteiger partial charge in [0.05, 0.1) is 19.3 Å². The molecule has 0 aliphatic rings. The molecular weight excluding hydrogens is 199 g/mol. The Bertz CT molecular complexity index is 316. The number of nitrogens with two attached hydrogens (primary N) is 1. The minimum atomic E-state index is -0.488. The van der Waals surface area contributed by atoms with Crippen molar-refractivity contribution in [1.29, 1.82) is 0 Å². The Morgan fingerprint density at radius 3 is 2.47 bits per heavy atom. The third kappa shape index (κ3) is 3.47. The molecule has 1 aromatic carbocycles. The van der Waals surface area contributed by atoms with Crippen LogP contribution in [0.1, 0.15) is 5.56 Å². The van der Waals surface area contributed by atoms with Gasteiger partial charge in [-0.15, -0.1) is 0 Å². The lowest BCUT2D eigenvalue weighted by molar-refractivity contribution is 0.204. The Morgan fingerprint density at radius 2 is 1.93 bits per heavy atom. The van der Waals surface area contributed by atoms with Gasteiger partial charge in [-0.1, -0.05) is 0 Å². The fourth-order valence-corrected chi connectivity index (χ4v) is 1.24. The van der Waals surface area contributed by atoms with E-state index >= 15 is 0 Å². The molecular formula is C10H15FN2O2. The van der Waals surface area contributed by atoms with Crippen molar-refractivity contribution < 1.29 is 14.6 Å². The van der Waals surface area contributed by atoms with Crippen molar-refractivity contribution in [2.24, 2.45) is 5.73 Å². The summed E-state index contributed by atoms with van der Waals surface area (Å²) in [4.78, 5) is 0. The molecule has 84 valence electrons. The van der Waals surface area contributed by atoms with E-state index in [0.717, 1.165) is 0 Å². The quantitative estimate of drug-likeness (QED) is 0.558. The van der Waals surface area contributed by atoms with E-state index in [9.17, 15) is 4.39 Å². The number of rotatable bonds is 5. The minimum Gasteiger partial charge on any atom is -0.394 e. The van der Waals surface area contributed by atoms with Crippen molar-refractivity contribution in [2.75, 3.05) is 18.5 Å². The monoisotopic (exact) mass is 214 g/mol. The molecule has 5 heteroatoms. The van der Waals surface area contributed by atoms with E-state index in [0.29, 0.717) is 11.3 Å². The third-order valence-electron chi connectivity index (χ3n) is 2.00. The zero-order valence-electron chi connectivity index (χ0n) is 8.28. The molecule has 0 fully saturated rings. The van der Waals surface area contributed by atoms with Crippen LogP contribution in [-0.2, 0) is 6.54 Å². The average Bonchev–Trinajstić information content (AvgIpc) is 2.25. The second-order valence-corrected chi connectivity index (χ2v) is 3.26. The van der Waals surface area contributed by atoms with Crippen molar-refractivity contribution in [2.45, 2.75) is 12.6 Å². The summed E-state index contributed by atoms with van der Waals surface area (Å²) in [5, 5.41) is 20.5. The molecule has 0 heterocycles. The van der Waals surface area contributed by atoms with Crippen molar-refractivity contribution in [3.63, 3.8) is 0 Å². The second-order valence-electron chi connectivity index (χ2n) is 3.26. The second kappa shape index (κ2) is 5.65. The highest BCUT2D eigenvalue weighted by molar-refractivity contribution is 5.47. The Morgan fingerprint density at radius 1 is 1.27 bits per heavy atom. The Kier molecular flexibility index (Phi) is 4.48. The van der Waals surface area contributed by atoms with E-state index in [1.165, 1.54) is 12.1 Å². The van der Waals surface area contributed by atoms with Crippen LogP contribution in [0.4, 0.5) is 10.1 Å². The van der Waals surface area contributed by atoms with Crippen LogP contribution in [0.25, 0.3) is 0 Å². The molecule has 1 aromatic rings. The summed E-state index contributed by atoms with van der Waals surface area (Å²) in [6, 6.07) is 3.83. The summed E-state index contributed by atoms with van der Waals surface area (Å²) in [5.41, 5.74) is 6.55. The highest BCUT2D eigenvalue weighted by Crippen LogP contribution is 2.14. The van der Waals surface area contributed by atoms with E-state index in [4.69, 9.17) is 15.9 Å². The first-order valence-corrected chi connectivity index (χ1v) is 4.67. The molecule has 0 bridgehead atoms. The van der Waals surface area contributed by atoms with E-state index in [2.05, 4.69) is 5.32 Å². The van der Waals surface area contributed by atoms with Gasteiger partial charge in [0.15, 0.2) is 0 Å². The Labute approximate surface area is 87.5 Å². The topological polar surface area (TPSA) is 78.5 Å². The summed E-state index contributed by atoms with van der Waals surface area (Å²) in [6.45, 7) is -0.189. The summed E-state index contributed by atoms with van der Waals surface area (Å²) in [5.74, 6) is -0.393. The molecule has 5 N–H and O–H groups in total. The van der Waals surface area contributed by atoms with Gasteiger partial charge < -0.3 is 21.3 Å². The van der Waals surface area contributed by atoms with Gasteiger partial charge in [0.2, 0.25) is 0 Å². The molecule has 0 atom stereocenters. The van der Waals surface area contributed by atoms with Crippen LogP contribution in [0, 0.1) is 5.82 Å². The summed E-state index contributed by atoms with van der Waals surface area (Å²) >= 11 is 0. The van der Waals surface area contributed by atoms with Gasteiger partial charge in [-0.3, -0.25) is 0 Å². The first kappa shape index (κ1) is 11.9. The average molecular weight is 214 g/mol. The van der Waals surface area contributed by atoms with Crippen LogP contribution in [0.3, 0.4) is 0 Å². The summed E-state index contributed by atoms with van der Waals surface area (Å²) in [6.07, 6.45) is 0. The zero-order chi connectivity index (χ0) is 11.3. The molecule has 0 saturated heterocycles. The highest BCUT2D eigenvalue weighted by atomic mass is 19.1. The number of aliphatic hydroxyl groups is 2. The fourth-order valence-electron chi connectivity index (χ4n) is 1.24. The van der Waals surface area contributed by atoms with Gasteiger partial charge in [-0.2, -0.15) is 0 Å². The van der Waals surface area contributed by atoms with Crippen molar-refractivity contribution >= 4 is 5.69 Å². The van der Waals surface area contributed by atoms with Crippen molar-refractivity contribution in [1.82, 2.24) is 0 Å². The molecule has 4 nitrogen and oxygen atoms in total. The Hall–Kier alpha value is -1.17. The fraction of sp³-hybridized carbons (Fsp3) is 0.400. The normalized spacial score (nSPS) is 10.7. The van der Waals surface area contributed by atoms with Crippen LogP contribution in [0.5, 0.6) is 0 Å². The van der Waals surface area contributed by atoms with Gasteiger partial charge in [-0.25, -0.2) is 4.39 Å². The molecule has 0 aromatic heterocycles. The number of benzene rings is 1. The third-order valence-corrected chi connectivity index (χ3v) is 2.00. The van der Waals surface area contributed by atoms with Crippen LogP contribution in [0.2, 0.25) is 0 Å². The van der Waals surface area contributed by atoms with Crippen LogP contribution < -0.4 is 11.1 Å². The predicted molar refractivity (Wildman–Crippen MR) is 55.9 cm³/mol. The van der Waals surface area contributed by atoms with E-state index < -0.39 is 11.9 Å². The molecule has 0 unspecified atom stereocenters. The van der Waals surface area contributed by atoms with E-state index in [-0.39, 0.29) is 19.8 Å². The predicted octanol–water partition coefficient (Wildman–Crippen LogP) is 0.0495. The largest absolute Gasteiger partial charge is 0.394 e. The van der Waals surface area contributed by atoms with Crippen LogP contribution >= 0.6 is 0 Å². The molecule has 0 aliphatic heterocycles. The molecule has 0 amide bonds. The maximum atomic E-state index is 13.1. The van der Waals surface area contributed by atoms with Gasteiger partial charge in [0, 0.05) is 12.2 Å². The molecule has 1 rings (SSSR count). The number of aliphatic hydroxyl groups excluding tert-OH is 2. The van der Waals surface area contributed by atoms with Gasteiger partial charge in [-0.05, 0) is 23.8 Å². The molecule has 0 saturated carbocycles. The number of anilines is 1. The molecule has 15 heavy (non-hydrogen) atoms. The Balaban J connectivity index is 2.79. The SMILES string of the molecule is NCc1cc(F)cc(NC(CO)CO)c1. The smallest absolute Gasteiger partial charge is 0.125 e. The zero-order valence-corrected chi connectivity index (χ0v) is 8.28. The molecule has 0 aliphatic carbocycles. The lowest BCUT2D eigenvalue weighted by Gasteiger charge is -2.15. The first-order valence-electron chi connectivity index (χ1n) is 4.67. The summed E-state index contributed by atoms with van der Waals surface area (Å²) in [7, 11) is 0. The van der Waals surface area contributed by atoms with Gasteiger partial charge >= 0.3 is 0 Å². The van der Waals surface area contributed by atoms with E-state index in [1.54, 1.807) is 6.07 Å². The number of halogens is 1. The summed E-state index contributed by atoms with van der Waals surface area (Å²) < 4.78 is 13.1. The molecule has 0 radical (unpaired) electrons. The standard InChI is InChI=1S/C10H15FN2O2/c11-8-1-7(4-12)2-9(3-8)13-10(5-14)6-15/h1-3,10,13-15H,4-6,12H2. The van der Waals surface area contributed by atoms with Crippen LogP contribution in [-0.4, -0.2) is 29.5 Å². The number of hydrogen-bond donors (Lipinski definition) is 4. The lowest BCUT2D eigenvalue weighted by atomic mass is 10.2. The maximum absolute atomic E-state index is 13.1. The highest BCUT2D eigenvalue weighted by Gasteiger charge is 2.06. The van der Waals surface area contributed by atoms with Crippen molar-refractivity contribution in [3.05, 3.63) is 29.6 Å². The first-order chi connectivity index (χ1) is 7.19. The number of hydrogen-bond acceptors (Lipinski definition) is 4. The van der Waals surface area contributed by atoms with Crippen LogP contribution in [0.15, 0.2) is 18.2 Å². The van der Waals surface area contributed by atoms with Crippen molar-refractivity contribution in [3.8, 4) is 0 Å².